The fraction of sp³-hybridized carbons (Fsp3) is 0.125. The van der Waals surface area contributed by atoms with E-state index in [9.17, 15) is 18.0 Å². The summed E-state index contributed by atoms with van der Waals surface area (Å²) in [5, 5.41) is 6.31. The van der Waals surface area contributed by atoms with Crippen LogP contribution < -0.4 is 14.9 Å². The third-order valence-electron chi connectivity index (χ3n) is 6.80. The lowest BCUT2D eigenvalue weighted by molar-refractivity contribution is -0.127. The minimum Gasteiger partial charge on any atom is -0.354 e. The number of aryl methyl sites for hydroxylation is 1. The predicted molar refractivity (Wildman–Crippen MR) is 163 cm³/mol. The van der Waals surface area contributed by atoms with Gasteiger partial charge in [0.25, 0.3) is 15.9 Å². The Morgan fingerprint density at radius 1 is 0.829 bits per heavy atom. The van der Waals surface area contributed by atoms with E-state index in [0.29, 0.717) is 22.6 Å². The molecule has 0 aliphatic carbocycles. The van der Waals surface area contributed by atoms with Crippen LogP contribution in [0.3, 0.4) is 0 Å². The minimum atomic E-state index is -4.03. The number of likely N-dealkylation sites (N-methyl/N-ethyl adjacent to an activating group) is 1. The molecule has 1 heterocycles. The Hall–Kier alpha value is -4.89. The molecule has 0 saturated heterocycles. The molecule has 0 bridgehead atoms. The number of amides is 2. The third-order valence-corrected chi connectivity index (χ3v) is 8.58. The summed E-state index contributed by atoms with van der Waals surface area (Å²) in [6.45, 7) is 1.52. The Labute approximate surface area is 240 Å². The number of benzene rings is 4. The molecule has 2 N–H and O–H groups in total. The molecule has 4 aromatic carbocycles. The first-order valence-corrected chi connectivity index (χ1v) is 14.5. The van der Waals surface area contributed by atoms with Gasteiger partial charge >= 0.3 is 0 Å². The molecule has 0 fully saturated rings. The van der Waals surface area contributed by atoms with E-state index >= 15 is 0 Å². The lowest BCUT2D eigenvalue weighted by Gasteiger charge is -2.26. The molecule has 41 heavy (non-hydrogen) atoms. The Morgan fingerprint density at radius 2 is 1.46 bits per heavy atom. The van der Waals surface area contributed by atoms with Crippen molar-refractivity contribution in [2.45, 2.75) is 11.8 Å². The van der Waals surface area contributed by atoms with Crippen LogP contribution in [-0.4, -0.2) is 45.8 Å². The maximum Gasteiger partial charge on any atom is 0.264 e. The molecule has 0 unspecified atom stereocenters. The van der Waals surface area contributed by atoms with Gasteiger partial charge in [-0.3, -0.25) is 13.9 Å². The standard InChI is InChI=1S/C32H30N4O4S/c1-22-13-19-26(20-14-22)41(39,40)36(21-29(37)35(2)3)25-17-15-24(16-18-25)33-31(23-9-5-4-6-10-23)30-27-11-7-8-12-28(27)34-32(30)38/h4-20,33H,21H2,1-3H3,(H,34,38). The van der Waals surface area contributed by atoms with Gasteiger partial charge in [-0.25, -0.2) is 8.42 Å². The van der Waals surface area contributed by atoms with Gasteiger partial charge in [0.15, 0.2) is 0 Å². The van der Waals surface area contributed by atoms with Crippen LogP contribution in [0.1, 0.15) is 16.7 Å². The number of fused-ring (bicyclic) bond motifs is 1. The number of rotatable bonds is 8. The fourth-order valence-electron chi connectivity index (χ4n) is 4.52. The number of hydrogen-bond donors (Lipinski definition) is 2. The molecule has 1 aliphatic rings. The first-order chi connectivity index (χ1) is 19.6. The Kier molecular flexibility index (Phi) is 7.63. The second-order valence-corrected chi connectivity index (χ2v) is 11.8. The van der Waals surface area contributed by atoms with E-state index in [1.165, 1.54) is 17.0 Å². The molecule has 0 spiro atoms. The number of anilines is 3. The van der Waals surface area contributed by atoms with Crippen LogP contribution in [0.2, 0.25) is 0 Å². The molecule has 5 rings (SSSR count). The highest BCUT2D eigenvalue weighted by atomic mass is 32.2. The zero-order valence-electron chi connectivity index (χ0n) is 23.0. The van der Waals surface area contributed by atoms with Gasteiger partial charge in [0.1, 0.15) is 6.54 Å². The van der Waals surface area contributed by atoms with E-state index in [1.807, 2.05) is 61.5 Å². The second-order valence-electron chi connectivity index (χ2n) is 9.90. The average Bonchev–Trinajstić information content (AvgIpc) is 3.31. The van der Waals surface area contributed by atoms with Gasteiger partial charge in [0, 0.05) is 31.0 Å². The van der Waals surface area contributed by atoms with Crippen LogP contribution in [0, 0.1) is 6.92 Å². The number of sulfonamides is 1. The second kappa shape index (κ2) is 11.3. The molecule has 2 amide bonds. The van der Waals surface area contributed by atoms with Crippen molar-refractivity contribution < 1.29 is 18.0 Å². The fourth-order valence-corrected chi connectivity index (χ4v) is 5.94. The molecule has 4 aromatic rings. The number of nitrogens with one attached hydrogen (secondary N) is 2. The van der Waals surface area contributed by atoms with Crippen molar-refractivity contribution >= 4 is 50.2 Å². The van der Waals surface area contributed by atoms with E-state index in [2.05, 4.69) is 10.6 Å². The first kappa shape index (κ1) is 27.7. The Balaban J connectivity index is 1.53. The van der Waals surface area contributed by atoms with E-state index in [-0.39, 0.29) is 23.3 Å². The van der Waals surface area contributed by atoms with Crippen molar-refractivity contribution in [3.05, 3.63) is 120 Å². The normalized spacial score (nSPS) is 13.7. The van der Waals surface area contributed by atoms with Crippen molar-refractivity contribution in [2.75, 3.05) is 35.6 Å². The summed E-state index contributed by atoms with van der Waals surface area (Å²) >= 11 is 0. The van der Waals surface area contributed by atoms with Crippen molar-refractivity contribution in [1.82, 2.24) is 4.90 Å². The van der Waals surface area contributed by atoms with Gasteiger partial charge in [-0.1, -0.05) is 66.2 Å². The zero-order chi connectivity index (χ0) is 29.1. The molecular weight excluding hydrogens is 536 g/mol. The molecular formula is C32H30N4O4S. The van der Waals surface area contributed by atoms with Gasteiger partial charge in [0.05, 0.1) is 21.9 Å². The highest BCUT2D eigenvalue weighted by molar-refractivity contribution is 7.92. The van der Waals surface area contributed by atoms with Crippen LogP contribution in [0.5, 0.6) is 0 Å². The van der Waals surface area contributed by atoms with E-state index in [1.54, 1.807) is 50.5 Å². The van der Waals surface area contributed by atoms with Crippen molar-refractivity contribution in [1.29, 1.82) is 0 Å². The smallest absolute Gasteiger partial charge is 0.264 e. The minimum absolute atomic E-state index is 0.0962. The molecule has 1 aliphatic heterocycles. The number of para-hydroxylation sites is 1. The van der Waals surface area contributed by atoms with E-state index in [0.717, 1.165) is 26.7 Å². The topological polar surface area (TPSA) is 98.8 Å². The first-order valence-electron chi connectivity index (χ1n) is 13.0. The number of carbonyl (C=O) groups excluding carboxylic acids is 2. The predicted octanol–water partition coefficient (Wildman–Crippen LogP) is 5.21. The Bertz CT molecular complexity index is 1730. The van der Waals surface area contributed by atoms with Crippen molar-refractivity contribution in [3.63, 3.8) is 0 Å². The van der Waals surface area contributed by atoms with Crippen LogP contribution in [0.25, 0.3) is 11.3 Å². The van der Waals surface area contributed by atoms with Gasteiger partial charge in [-0.05, 0) is 55.0 Å². The van der Waals surface area contributed by atoms with Gasteiger partial charge in [-0.15, -0.1) is 0 Å². The van der Waals surface area contributed by atoms with Gasteiger partial charge < -0.3 is 15.5 Å². The SMILES string of the molecule is Cc1ccc(S(=O)(=O)N(CC(=O)N(C)C)c2ccc(NC(=C3C(=O)Nc4ccccc43)c3ccccc3)cc2)cc1. The maximum atomic E-state index is 13.7. The lowest BCUT2D eigenvalue weighted by atomic mass is 10.00. The average molecular weight is 567 g/mol. The molecule has 9 heteroatoms. The van der Waals surface area contributed by atoms with Crippen LogP contribution in [0.4, 0.5) is 17.1 Å². The number of hydrogen-bond acceptors (Lipinski definition) is 5. The zero-order valence-corrected chi connectivity index (χ0v) is 23.8. The van der Waals surface area contributed by atoms with Crippen LogP contribution >= 0.6 is 0 Å². The lowest BCUT2D eigenvalue weighted by Crippen LogP contribution is -2.40. The molecule has 0 saturated carbocycles. The number of nitrogens with zero attached hydrogens (tertiary/aromatic N) is 2. The highest BCUT2D eigenvalue weighted by Gasteiger charge is 2.29. The van der Waals surface area contributed by atoms with Crippen LogP contribution in [-0.2, 0) is 19.6 Å². The highest BCUT2D eigenvalue weighted by Crippen LogP contribution is 2.37. The number of carbonyl (C=O) groups is 2. The van der Waals surface area contributed by atoms with Crippen molar-refractivity contribution in [2.24, 2.45) is 0 Å². The summed E-state index contributed by atoms with van der Waals surface area (Å²) in [7, 11) is -0.858. The summed E-state index contributed by atoms with van der Waals surface area (Å²) in [5.74, 6) is -0.573. The van der Waals surface area contributed by atoms with Crippen molar-refractivity contribution in [3.8, 4) is 0 Å². The van der Waals surface area contributed by atoms with Crippen LogP contribution in [0.15, 0.2) is 108 Å². The summed E-state index contributed by atoms with van der Waals surface area (Å²) in [6.07, 6.45) is 0. The van der Waals surface area contributed by atoms with Gasteiger partial charge in [0.2, 0.25) is 5.91 Å². The summed E-state index contributed by atoms with van der Waals surface area (Å²) in [4.78, 5) is 27.2. The largest absolute Gasteiger partial charge is 0.354 e. The Morgan fingerprint density at radius 3 is 2.12 bits per heavy atom. The molecule has 8 nitrogen and oxygen atoms in total. The molecule has 208 valence electrons. The third kappa shape index (κ3) is 5.71. The monoisotopic (exact) mass is 566 g/mol. The quantitative estimate of drug-likeness (QED) is 0.285. The van der Waals surface area contributed by atoms with Gasteiger partial charge in [-0.2, -0.15) is 0 Å². The summed E-state index contributed by atoms with van der Waals surface area (Å²) in [6, 6.07) is 30.3. The summed E-state index contributed by atoms with van der Waals surface area (Å²) in [5.41, 5.74) is 5.38. The van der Waals surface area contributed by atoms with E-state index < -0.39 is 10.0 Å². The maximum absolute atomic E-state index is 13.7. The molecule has 0 atom stereocenters. The summed E-state index contributed by atoms with van der Waals surface area (Å²) < 4.78 is 28.4. The molecule has 0 radical (unpaired) electrons. The molecule has 0 aromatic heterocycles. The van der Waals surface area contributed by atoms with E-state index in [4.69, 9.17) is 0 Å².